The second-order valence-corrected chi connectivity index (χ2v) is 3.64. The van der Waals surface area contributed by atoms with Crippen LogP contribution in [-0.2, 0) is 6.42 Å². The maximum absolute atomic E-state index is 11.9. The van der Waals surface area contributed by atoms with Crippen molar-refractivity contribution in [2.24, 2.45) is 0 Å². The summed E-state index contributed by atoms with van der Waals surface area (Å²) in [5.74, 6) is 0.872. The number of carbonyl (C=O) groups is 1. The molecule has 0 saturated carbocycles. The van der Waals surface area contributed by atoms with E-state index in [4.69, 9.17) is 5.73 Å². The lowest BCUT2D eigenvalue weighted by Crippen LogP contribution is -2.09. The Bertz CT molecular complexity index is 554. The Morgan fingerprint density at radius 2 is 2.12 bits per heavy atom. The SMILES string of the molecule is Cc1nccc(C(=O)Cc2cccnc2N)n1. The molecule has 0 bridgehead atoms. The molecule has 0 unspecified atom stereocenters. The standard InChI is InChI=1S/C12H12N4O/c1-8-14-6-4-10(16-8)11(17)7-9-3-2-5-15-12(9)13/h2-6H,7H2,1H3,(H2,13,15). The highest BCUT2D eigenvalue weighted by Gasteiger charge is 2.11. The van der Waals surface area contributed by atoms with Crippen LogP contribution in [0.5, 0.6) is 0 Å². The van der Waals surface area contributed by atoms with Crippen molar-refractivity contribution in [3.63, 3.8) is 0 Å². The van der Waals surface area contributed by atoms with E-state index in [0.717, 1.165) is 0 Å². The Balaban J connectivity index is 2.20. The molecule has 5 nitrogen and oxygen atoms in total. The second kappa shape index (κ2) is 4.69. The molecule has 0 aliphatic heterocycles. The molecule has 2 rings (SSSR count). The zero-order valence-electron chi connectivity index (χ0n) is 9.42. The molecular formula is C12H12N4O. The van der Waals surface area contributed by atoms with Crippen LogP contribution in [0.3, 0.4) is 0 Å². The highest BCUT2D eigenvalue weighted by Crippen LogP contribution is 2.10. The molecule has 2 heterocycles. The average molecular weight is 228 g/mol. The fourth-order valence-electron chi connectivity index (χ4n) is 1.48. The van der Waals surface area contributed by atoms with Crippen molar-refractivity contribution < 1.29 is 4.79 Å². The van der Waals surface area contributed by atoms with Crippen molar-refractivity contribution >= 4 is 11.6 Å². The molecule has 0 spiro atoms. The molecule has 0 fully saturated rings. The molecule has 5 heteroatoms. The summed E-state index contributed by atoms with van der Waals surface area (Å²) in [6.45, 7) is 1.75. The van der Waals surface area contributed by atoms with Crippen molar-refractivity contribution in [3.05, 3.63) is 47.7 Å². The number of hydrogen-bond acceptors (Lipinski definition) is 5. The fourth-order valence-corrected chi connectivity index (χ4v) is 1.48. The summed E-state index contributed by atoms with van der Waals surface area (Å²) in [6, 6.07) is 5.14. The van der Waals surface area contributed by atoms with Crippen LogP contribution >= 0.6 is 0 Å². The summed E-state index contributed by atoms with van der Waals surface area (Å²) in [7, 11) is 0. The quantitative estimate of drug-likeness (QED) is 0.798. The van der Waals surface area contributed by atoms with Gasteiger partial charge in [-0.3, -0.25) is 4.79 Å². The van der Waals surface area contributed by atoms with E-state index in [2.05, 4.69) is 15.0 Å². The number of aromatic nitrogens is 3. The zero-order chi connectivity index (χ0) is 12.3. The van der Waals surface area contributed by atoms with E-state index < -0.39 is 0 Å². The van der Waals surface area contributed by atoms with Crippen LogP contribution in [-0.4, -0.2) is 20.7 Å². The number of nitrogens with two attached hydrogens (primary N) is 1. The molecule has 2 N–H and O–H groups in total. The van der Waals surface area contributed by atoms with Gasteiger partial charge < -0.3 is 5.73 Å². The normalized spacial score (nSPS) is 10.2. The maximum atomic E-state index is 11.9. The summed E-state index contributed by atoms with van der Waals surface area (Å²) in [5.41, 5.74) is 6.80. The molecule has 0 aliphatic rings. The van der Waals surface area contributed by atoms with Crippen LogP contribution in [0, 0.1) is 6.92 Å². The van der Waals surface area contributed by atoms with Gasteiger partial charge in [-0.25, -0.2) is 15.0 Å². The van der Waals surface area contributed by atoms with Crippen molar-refractivity contribution in [2.45, 2.75) is 13.3 Å². The summed E-state index contributed by atoms with van der Waals surface area (Å²) in [5, 5.41) is 0. The third-order valence-electron chi connectivity index (χ3n) is 2.34. The van der Waals surface area contributed by atoms with Gasteiger partial charge in [-0.1, -0.05) is 6.07 Å². The first-order chi connectivity index (χ1) is 8.16. The van der Waals surface area contributed by atoms with Crippen molar-refractivity contribution in [3.8, 4) is 0 Å². The van der Waals surface area contributed by atoms with Gasteiger partial charge in [-0.15, -0.1) is 0 Å². The maximum Gasteiger partial charge on any atom is 0.185 e. The molecule has 17 heavy (non-hydrogen) atoms. The number of rotatable bonds is 3. The summed E-state index contributed by atoms with van der Waals surface area (Å²) < 4.78 is 0. The van der Waals surface area contributed by atoms with Crippen molar-refractivity contribution in [1.82, 2.24) is 15.0 Å². The predicted molar refractivity (Wildman–Crippen MR) is 63.5 cm³/mol. The van der Waals surface area contributed by atoms with Crippen molar-refractivity contribution in [1.29, 1.82) is 0 Å². The Labute approximate surface area is 98.7 Å². The van der Waals surface area contributed by atoms with Crippen molar-refractivity contribution in [2.75, 3.05) is 5.73 Å². The summed E-state index contributed by atoms with van der Waals surface area (Å²) in [6.07, 6.45) is 3.37. The van der Waals surface area contributed by atoms with E-state index in [0.29, 0.717) is 22.9 Å². The second-order valence-electron chi connectivity index (χ2n) is 3.64. The first kappa shape index (κ1) is 11.2. The highest BCUT2D eigenvalue weighted by atomic mass is 16.1. The van der Waals surface area contributed by atoms with E-state index in [1.807, 2.05) is 0 Å². The van der Waals surface area contributed by atoms with Gasteiger partial charge in [-0.05, 0) is 19.1 Å². The topological polar surface area (TPSA) is 81.8 Å². The van der Waals surface area contributed by atoms with Gasteiger partial charge in [-0.2, -0.15) is 0 Å². The Morgan fingerprint density at radius 3 is 2.82 bits per heavy atom. The highest BCUT2D eigenvalue weighted by molar-refractivity contribution is 5.96. The Morgan fingerprint density at radius 1 is 1.29 bits per heavy atom. The monoisotopic (exact) mass is 228 g/mol. The van der Waals surface area contributed by atoms with Crippen LogP contribution in [0.15, 0.2) is 30.6 Å². The van der Waals surface area contributed by atoms with Gasteiger partial charge in [0.1, 0.15) is 17.3 Å². The van der Waals surface area contributed by atoms with Crippen LogP contribution < -0.4 is 5.73 Å². The van der Waals surface area contributed by atoms with Gasteiger partial charge in [0, 0.05) is 24.4 Å². The van der Waals surface area contributed by atoms with Crippen LogP contribution in [0.25, 0.3) is 0 Å². The van der Waals surface area contributed by atoms with Gasteiger partial charge in [0.15, 0.2) is 5.78 Å². The van der Waals surface area contributed by atoms with Gasteiger partial charge in [0.05, 0.1) is 0 Å². The number of aryl methyl sites for hydroxylation is 1. The lowest BCUT2D eigenvalue weighted by molar-refractivity contribution is 0.0988. The number of nitrogens with zero attached hydrogens (tertiary/aromatic N) is 3. The van der Waals surface area contributed by atoms with Gasteiger partial charge >= 0.3 is 0 Å². The molecule has 0 radical (unpaired) electrons. The minimum atomic E-state index is -0.0878. The number of anilines is 1. The smallest absolute Gasteiger partial charge is 0.185 e. The van der Waals surface area contributed by atoms with Gasteiger partial charge in [0.25, 0.3) is 0 Å². The molecular weight excluding hydrogens is 216 g/mol. The number of pyridine rings is 1. The Hall–Kier alpha value is -2.30. The summed E-state index contributed by atoms with van der Waals surface area (Å²) in [4.78, 5) is 23.9. The van der Waals surface area contributed by atoms with E-state index in [1.54, 1.807) is 37.5 Å². The molecule has 0 aromatic carbocycles. The summed E-state index contributed by atoms with van der Waals surface area (Å²) >= 11 is 0. The van der Waals surface area contributed by atoms with E-state index in [-0.39, 0.29) is 12.2 Å². The molecule has 2 aromatic heterocycles. The lowest BCUT2D eigenvalue weighted by atomic mass is 10.1. The molecule has 0 saturated heterocycles. The number of ketones is 1. The average Bonchev–Trinajstić information content (AvgIpc) is 2.32. The predicted octanol–water partition coefficient (Wildman–Crippen LogP) is 1.19. The van der Waals surface area contributed by atoms with Crippen LogP contribution in [0.2, 0.25) is 0 Å². The van der Waals surface area contributed by atoms with Crippen LogP contribution in [0.4, 0.5) is 5.82 Å². The Kier molecular flexibility index (Phi) is 3.09. The number of hydrogen-bond donors (Lipinski definition) is 1. The first-order valence-electron chi connectivity index (χ1n) is 5.19. The molecule has 2 aromatic rings. The zero-order valence-corrected chi connectivity index (χ0v) is 9.42. The van der Waals surface area contributed by atoms with Gasteiger partial charge in [0.2, 0.25) is 0 Å². The molecule has 86 valence electrons. The largest absolute Gasteiger partial charge is 0.383 e. The van der Waals surface area contributed by atoms with Crippen LogP contribution in [0.1, 0.15) is 21.9 Å². The van der Waals surface area contributed by atoms with E-state index in [1.165, 1.54) is 0 Å². The minimum absolute atomic E-state index is 0.0878. The lowest BCUT2D eigenvalue weighted by Gasteiger charge is -2.03. The first-order valence-corrected chi connectivity index (χ1v) is 5.19. The van der Waals surface area contributed by atoms with E-state index >= 15 is 0 Å². The number of nitrogen functional groups attached to an aromatic ring is 1. The number of carbonyl (C=O) groups excluding carboxylic acids is 1. The third-order valence-corrected chi connectivity index (χ3v) is 2.34. The van der Waals surface area contributed by atoms with E-state index in [9.17, 15) is 4.79 Å². The molecule has 0 amide bonds. The molecule has 0 atom stereocenters. The minimum Gasteiger partial charge on any atom is -0.383 e. The number of Topliss-reactive ketones (excluding diaryl/α,β-unsaturated/α-hetero) is 1. The molecule has 0 aliphatic carbocycles. The fraction of sp³-hybridized carbons (Fsp3) is 0.167. The third kappa shape index (κ3) is 2.63.